The van der Waals surface area contributed by atoms with E-state index < -0.39 is 10.0 Å². The van der Waals surface area contributed by atoms with Crippen molar-refractivity contribution in [2.75, 3.05) is 26.2 Å². The number of nitrogens with one attached hydrogen (secondary N) is 1. The molecule has 4 nitrogen and oxygen atoms in total. The molecule has 0 spiro atoms. The van der Waals surface area contributed by atoms with E-state index in [-0.39, 0.29) is 5.41 Å². The molecule has 0 amide bonds. The van der Waals surface area contributed by atoms with Crippen LogP contribution in [0, 0.1) is 5.41 Å². The predicted octanol–water partition coefficient (Wildman–Crippen LogP) is 2.01. The Morgan fingerprint density at radius 2 is 1.86 bits per heavy atom. The average Bonchev–Trinajstić information content (AvgIpc) is 2.55. The van der Waals surface area contributed by atoms with Crippen LogP contribution in [0.4, 0.5) is 0 Å². The Kier molecular flexibility index (Phi) is 4.08. The lowest BCUT2D eigenvalue weighted by atomic mass is 9.72. The number of piperidine rings is 3. The highest BCUT2D eigenvalue weighted by Gasteiger charge is 2.39. The number of sulfonamides is 1. The Balaban J connectivity index is 1.71. The second-order valence-electron chi connectivity index (χ2n) is 6.42. The number of nitrogens with zero attached hydrogens (tertiary/aromatic N) is 1. The van der Waals surface area contributed by atoms with E-state index in [0.717, 1.165) is 50.9 Å². The third-order valence-corrected chi connectivity index (χ3v) is 6.53. The number of hydrogen-bond donors (Lipinski definition) is 1. The van der Waals surface area contributed by atoms with E-state index in [2.05, 4.69) is 9.62 Å². The first-order valence-corrected chi connectivity index (χ1v) is 9.32. The molecule has 3 saturated heterocycles. The molecule has 4 rings (SSSR count). The summed E-state index contributed by atoms with van der Waals surface area (Å²) in [5, 5.41) is 0. The van der Waals surface area contributed by atoms with Crippen molar-refractivity contribution in [2.45, 2.75) is 37.5 Å². The summed E-state index contributed by atoms with van der Waals surface area (Å²) in [6.45, 7) is 5.97. The summed E-state index contributed by atoms with van der Waals surface area (Å²) in [6.07, 6.45) is 4.20. The fourth-order valence-corrected chi connectivity index (χ4v) is 4.65. The van der Waals surface area contributed by atoms with Crippen LogP contribution < -0.4 is 4.72 Å². The summed E-state index contributed by atoms with van der Waals surface area (Å²) in [4.78, 5) is 2.87. The minimum Gasteiger partial charge on any atom is -0.303 e. The summed E-state index contributed by atoms with van der Waals surface area (Å²) < 4.78 is 27.9. The van der Waals surface area contributed by atoms with Gasteiger partial charge in [0.05, 0.1) is 4.90 Å². The molecule has 3 aliphatic heterocycles. The summed E-state index contributed by atoms with van der Waals surface area (Å²) in [5.74, 6) is 0. The minimum absolute atomic E-state index is 0.185. The van der Waals surface area contributed by atoms with E-state index in [9.17, 15) is 8.42 Å². The molecule has 5 heteroatoms. The summed E-state index contributed by atoms with van der Waals surface area (Å²) in [7, 11) is -3.39. The molecular weight excluding hydrogens is 284 g/mol. The van der Waals surface area contributed by atoms with Crippen molar-refractivity contribution in [1.29, 1.82) is 0 Å². The van der Waals surface area contributed by atoms with Gasteiger partial charge in [-0.3, -0.25) is 0 Å². The van der Waals surface area contributed by atoms with Gasteiger partial charge in [0.15, 0.2) is 0 Å². The maximum atomic E-state index is 12.5. The Hall–Kier alpha value is -0.910. The molecule has 21 heavy (non-hydrogen) atoms. The fourth-order valence-electron chi connectivity index (χ4n) is 3.43. The van der Waals surface area contributed by atoms with Crippen LogP contribution in [0.15, 0.2) is 29.2 Å². The van der Waals surface area contributed by atoms with E-state index in [4.69, 9.17) is 0 Å². The fraction of sp³-hybridized carbons (Fsp3) is 0.625. The molecule has 116 valence electrons. The SMILES string of the molecule is CCc1cccc(S(=O)(=O)NCC23CCN(CC2)CC3)c1. The predicted molar refractivity (Wildman–Crippen MR) is 83.7 cm³/mol. The monoisotopic (exact) mass is 308 g/mol. The van der Waals surface area contributed by atoms with Crippen molar-refractivity contribution in [2.24, 2.45) is 5.41 Å². The standard InChI is InChI=1S/C16H24N2O2S/c1-2-14-4-3-5-15(12-14)21(19,20)17-13-16-6-9-18(10-7-16)11-8-16/h3-5,12,17H,2,6-11,13H2,1H3. The van der Waals surface area contributed by atoms with Gasteiger partial charge in [0.2, 0.25) is 10.0 Å². The zero-order chi connectivity index (χ0) is 14.9. The average molecular weight is 308 g/mol. The first-order valence-electron chi connectivity index (χ1n) is 7.84. The van der Waals surface area contributed by atoms with Crippen molar-refractivity contribution in [3.8, 4) is 0 Å². The van der Waals surface area contributed by atoms with Crippen LogP contribution in [-0.4, -0.2) is 39.5 Å². The van der Waals surface area contributed by atoms with Gasteiger partial charge < -0.3 is 4.90 Å². The van der Waals surface area contributed by atoms with Gasteiger partial charge in [-0.2, -0.15) is 0 Å². The number of rotatable bonds is 5. The van der Waals surface area contributed by atoms with Crippen LogP contribution in [0.2, 0.25) is 0 Å². The van der Waals surface area contributed by atoms with Gasteiger partial charge in [0.25, 0.3) is 0 Å². The zero-order valence-electron chi connectivity index (χ0n) is 12.6. The van der Waals surface area contributed by atoms with Gasteiger partial charge in [-0.1, -0.05) is 19.1 Å². The molecule has 0 aromatic heterocycles. The summed E-state index contributed by atoms with van der Waals surface area (Å²) in [5.41, 5.74) is 1.24. The van der Waals surface area contributed by atoms with E-state index >= 15 is 0 Å². The van der Waals surface area contributed by atoms with Crippen molar-refractivity contribution in [3.05, 3.63) is 29.8 Å². The molecule has 0 atom stereocenters. The lowest BCUT2D eigenvalue weighted by Gasteiger charge is -2.48. The molecule has 1 aromatic rings. The first-order chi connectivity index (χ1) is 10.0. The number of benzene rings is 1. The number of aryl methyl sites for hydroxylation is 1. The third kappa shape index (κ3) is 3.15. The molecule has 2 bridgehead atoms. The molecular formula is C16H24N2O2S. The molecule has 3 fully saturated rings. The Morgan fingerprint density at radius 1 is 1.19 bits per heavy atom. The van der Waals surface area contributed by atoms with Gasteiger partial charge in [-0.25, -0.2) is 13.1 Å². The Labute approximate surface area is 127 Å². The molecule has 0 unspecified atom stereocenters. The van der Waals surface area contributed by atoms with Gasteiger partial charge in [-0.15, -0.1) is 0 Å². The highest BCUT2D eigenvalue weighted by atomic mass is 32.2. The summed E-state index contributed by atoms with van der Waals surface area (Å²) in [6, 6.07) is 7.26. The van der Waals surface area contributed by atoms with Crippen molar-refractivity contribution in [3.63, 3.8) is 0 Å². The quantitative estimate of drug-likeness (QED) is 0.905. The second kappa shape index (κ2) is 5.71. The maximum Gasteiger partial charge on any atom is 0.240 e. The van der Waals surface area contributed by atoms with E-state index in [1.165, 1.54) is 0 Å². The van der Waals surface area contributed by atoms with Crippen molar-refractivity contribution >= 4 is 10.0 Å². The van der Waals surface area contributed by atoms with Gasteiger partial charge in [-0.05, 0) is 68.4 Å². The van der Waals surface area contributed by atoms with Crippen LogP contribution in [0.3, 0.4) is 0 Å². The zero-order valence-corrected chi connectivity index (χ0v) is 13.5. The van der Waals surface area contributed by atoms with E-state index in [1.54, 1.807) is 12.1 Å². The molecule has 1 N–H and O–H groups in total. The van der Waals surface area contributed by atoms with Gasteiger partial charge >= 0.3 is 0 Å². The maximum absolute atomic E-state index is 12.5. The second-order valence-corrected chi connectivity index (χ2v) is 8.18. The van der Waals surface area contributed by atoms with Gasteiger partial charge in [0.1, 0.15) is 0 Å². The van der Waals surface area contributed by atoms with E-state index in [0.29, 0.717) is 11.4 Å². The van der Waals surface area contributed by atoms with Crippen molar-refractivity contribution < 1.29 is 8.42 Å². The largest absolute Gasteiger partial charge is 0.303 e. The highest BCUT2D eigenvalue weighted by molar-refractivity contribution is 7.89. The van der Waals surface area contributed by atoms with E-state index in [1.807, 2.05) is 19.1 Å². The lowest BCUT2D eigenvalue weighted by molar-refractivity contribution is 0.0304. The molecule has 0 aliphatic carbocycles. The highest BCUT2D eigenvalue weighted by Crippen LogP contribution is 2.39. The Bertz CT molecular complexity index is 591. The number of hydrogen-bond acceptors (Lipinski definition) is 3. The Morgan fingerprint density at radius 3 is 2.48 bits per heavy atom. The topological polar surface area (TPSA) is 49.4 Å². The van der Waals surface area contributed by atoms with Crippen molar-refractivity contribution in [1.82, 2.24) is 9.62 Å². The van der Waals surface area contributed by atoms with Crippen LogP contribution in [0.25, 0.3) is 0 Å². The minimum atomic E-state index is -3.39. The van der Waals surface area contributed by atoms with Crippen LogP contribution in [-0.2, 0) is 16.4 Å². The molecule has 1 aromatic carbocycles. The lowest BCUT2D eigenvalue weighted by Crippen LogP contribution is -2.52. The van der Waals surface area contributed by atoms with Crippen LogP contribution >= 0.6 is 0 Å². The third-order valence-electron chi connectivity index (χ3n) is 5.13. The molecule has 3 aliphatic rings. The van der Waals surface area contributed by atoms with Gasteiger partial charge in [0, 0.05) is 6.54 Å². The first kappa shape index (κ1) is 15.0. The molecule has 3 heterocycles. The normalized spacial score (nSPS) is 28.7. The molecule has 0 radical (unpaired) electrons. The summed E-state index contributed by atoms with van der Waals surface area (Å²) >= 11 is 0. The van der Waals surface area contributed by atoms with Crippen LogP contribution in [0.1, 0.15) is 31.7 Å². The smallest absolute Gasteiger partial charge is 0.240 e. The number of fused-ring (bicyclic) bond motifs is 3. The van der Waals surface area contributed by atoms with Crippen LogP contribution in [0.5, 0.6) is 0 Å². The molecule has 0 saturated carbocycles.